The van der Waals surface area contributed by atoms with Crippen LogP contribution >= 0.6 is 11.6 Å². The third kappa shape index (κ3) is 4.60. The van der Waals surface area contributed by atoms with E-state index in [1.54, 1.807) is 6.07 Å². The number of benzene rings is 2. The van der Waals surface area contributed by atoms with Crippen LogP contribution in [0.4, 0.5) is 5.69 Å². The van der Waals surface area contributed by atoms with Crippen molar-refractivity contribution in [2.45, 2.75) is 38.8 Å². The largest absolute Gasteiger partial charge is 0.463 e. The summed E-state index contributed by atoms with van der Waals surface area (Å²) in [6.07, 6.45) is 1.08. The average molecular weight is 428 g/mol. The van der Waals surface area contributed by atoms with Crippen molar-refractivity contribution in [3.63, 3.8) is 0 Å². The Hall–Kier alpha value is -2.57. The predicted octanol–water partition coefficient (Wildman–Crippen LogP) is 4.53. The second-order valence-corrected chi connectivity index (χ2v) is 8.09. The smallest absolute Gasteiger partial charge is 0.307 e. The number of carbonyl (C=O) groups excluding carboxylic acids is 1. The average Bonchev–Trinajstić information content (AvgIpc) is 2.90. The molecule has 0 saturated carbocycles. The molecule has 1 N–H and O–H groups in total. The van der Waals surface area contributed by atoms with Gasteiger partial charge in [0.2, 0.25) is 0 Å². The van der Waals surface area contributed by atoms with Gasteiger partial charge in [-0.15, -0.1) is 0 Å². The second-order valence-electron chi connectivity index (χ2n) is 7.66. The Bertz CT molecular complexity index is 962. The predicted molar refractivity (Wildman–Crippen MR) is 118 cm³/mol. The first-order valence-electron chi connectivity index (χ1n) is 10.4. The van der Waals surface area contributed by atoms with Crippen molar-refractivity contribution in [2.75, 3.05) is 19.6 Å². The summed E-state index contributed by atoms with van der Waals surface area (Å²) in [5, 5.41) is 4.04. The molecular weight excluding hydrogens is 402 g/mol. The maximum atomic E-state index is 12.3. The number of hydrogen-bond acceptors (Lipinski definition) is 6. The molecule has 2 aromatic rings. The number of hydrogen-bond donors (Lipinski definition) is 1. The lowest BCUT2D eigenvalue weighted by atomic mass is 10.1. The summed E-state index contributed by atoms with van der Waals surface area (Å²) in [6.45, 7) is 6.11. The van der Waals surface area contributed by atoms with E-state index < -0.39 is 0 Å². The van der Waals surface area contributed by atoms with Crippen LogP contribution in [0.2, 0.25) is 5.02 Å². The summed E-state index contributed by atoms with van der Waals surface area (Å²) in [5.41, 5.74) is 1.62. The molecule has 4 rings (SSSR count). The topological polar surface area (TPSA) is 63.2 Å². The van der Waals surface area contributed by atoms with Gasteiger partial charge in [0.15, 0.2) is 5.75 Å². The van der Waals surface area contributed by atoms with Gasteiger partial charge in [0.1, 0.15) is 17.3 Å². The van der Waals surface area contributed by atoms with E-state index >= 15 is 0 Å². The summed E-state index contributed by atoms with van der Waals surface area (Å²) in [6, 6.07) is 13.3. The maximum Gasteiger partial charge on any atom is 0.307 e. The lowest BCUT2D eigenvalue weighted by Gasteiger charge is -2.35. The number of ether oxygens (including phenoxy) is 2. The summed E-state index contributed by atoms with van der Waals surface area (Å²) in [4.78, 5) is 19.4. The van der Waals surface area contributed by atoms with E-state index in [4.69, 9.17) is 26.1 Å². The third-order valence-electron chi connectivity index (χ3n) is 5.37. The number of amidine groups is 1. The minimum atomic E-state index is -0.174. The SMILES string of the molecule is CCC(C)OC(=O)CC1CN(C2=Nc3cc(Cl)ccc3Oc3ccccc32)CCN1. The molecule has 0 aliphatic carbocycles. The number of halogens is 1. The van der Waals surface area contributed by atoms with Crippen LogP contribution in [0.25, 0.3) is 0 Å². The molecule has 2 aliphatic heterocycles. The van der Waals surface area contributed by atoms with Crippen molar-refractivity contribution in [3.8, 4) is 11.5 Å². The van der Waals surface area contributed by atoms with E-state index in [9.17, 15) is 4.79 Å². The molecule has 2 aliphatic rings. The van der Waals surface area contributed by atoms with Gasteiger partial charge in [-0.05, 0) is 43.7 Å². The van der Waals surface area contributed by atoms with Gasteiger partial charge in [-0.3, -0.25) is 4.79 Å². The van der Waals surface area contributed by atoms with Gasteiger partial charge in [-0.25, -0.2) is 4.99 Å². The summed E-state index contributed by atoms with van der Waals surface area (Å²) < 4.78 is 11.6. The molecule has 0 spiro atoms. The minimum absolute atomic E-state index is 0.00632. The number of nitrogens with zero attached hydrogens (tertiary/aromatic N) is 2. The molecule has 7 heteroatoms. The van der Waals surface area contributed by atoms with E-state index in [1.807, 2.05) is 50.2 Å². The highest BCUT2D eigenvalue weighted by Crippen LogP contribution is 2.39. The Labute approximate surface area is 181 Å². The molecule has 0 aromatic heterocycles. The van der Waals surface area contributed by atoms with Gasteiger partial charge in [0.25, 0.3) is 0 Å². The number of rotatable bonds is 4. The normalized spacial score (nSPS) is 19.0. The van der Waals surface area contributed by atoms with E-state index in [-0.39, 0.29) is 18.1 Å². The zero-order chi connectivity index (χ0) is 21.1. The molecule has 30 heavy (non-hydrogen) atoms. The second kappa shape index (κ2) is 9.06. The quantitative estimate of drug-likeness (QED) is 0.726. The van der Waals surface area contributed by atoms with Crippen LogP contribution in [0.3, 0.4) is 0 Å². The molecule has 158 valence electrons. The molecule has 2 unspecified atom stereocenters. The lowest BCUT2D eigenvalue weighted by molar-refractivity contribution is -0.149. The highest BCUT2D eigenvalue weighted by Gasteiger charge is 2.28. The van der Waals surface area contributed by atoms with E-state index in [0.29, 0.717) is 29.4 Å². The van der Waals surface area contributed by atoms with Crippen molar-refractivity contribution < 1.29 is 14.3 Å². The molecule has 0 bridgehead atoms. The number of aliphatic imine (C=N–C) groups is 1. The van der Waals surface area contributed by atoms with Crippen LogP contribution < -0.4 is 10.1 Å². The standard InChI is InChI=1S/C23H26ClN3O3/c1-3-15(2)29-22(28)13-17-14-27(11-10-25-17)23-18-6-4-5-7-20(18)30-21-9-8-16(24)12-19(21)26-23/h4-9,12,15,17,25H,3,10-11,13-14H2,1-2H3. The maximum absolute atomic E-state index is 12.3. The molecule has 6 nitrogen and oxygen atoms in total. The first-order valence-corrected chi connectivity index (χ1v) is 10.7. The third-order valence-corrected chi connectivity index (χ3v) is 5.61. The zero-order valence-corrected chi connectivity index (χ0v) is 18.0. The highest BCUT2D eigenvalue weighted by atomic mass is 35.5. The first-order chi connectivity index (χ1) is 14.5. The number of para-hydroxylation sites is 1. The summed E-state index contributed by atoms with van der Waals surface area (Å²) >= 11 is 6.21. The number of carbonyl (C=O) groups is 1. The van der Waals surface area contributed by atoms with Gasteiger partial charge in [0.05, 0.1) is 18.1 Å². The van der Waals surface area contributed by atoms with Crippen LogP contribution in [0, 0.1) is 0 Å². The Morgan fingerprint density at radius 2 is 2.17 bits per heavy atom. The van der Waals surface area contributed by atoms with Gasteiger partial charge in [0, 0.05) is 30.7 Å². The van der Waals surface area contributed by atoms with Crippen molar-refractivity contribution in [1.29, 1.82) is 0 Å². The molecule has 0 radical (unpaired) electrons. The van der Waals surface area contributed by atoms with Gasteiger partial charge in [-0.1, -0.05) is 30.7 Å². The lowest BCUT2D eigenvalue weighted by Crippen LogP contribution is -2.53. The number of esters is 1. The Morgan fingerprint density at radius 3 is 3.00 bits per heavy atom. The van der Waals surface area contributed by atoms with E-state index in [1.165, 1.54) is 0 Å². The van der Waals surface area contributed by atoms with Crippen LogP contribution in [-0.2, 0) is 9.53 Å². The summed E-state index contributed by atoms with van der Waals surface area (Å²) in [5.74, 6) is 2.08. The first kappa shape index (κ1) is 20.7. The minimum Gasteiger partial charge on any atom is -0.463 e. The Balaban J connectivity index is 1.60. The fraction of sp³-hybridized carbons (Fsp3) is 0.391. The molecule has 2 atom stereocenters. The van der Waals surface area contributed by atoms with Crippen LogP contribution in [0.1, 0.15) is 32.3 Å². The van der Waals surface area contributed by atoms with Gasteiger partial charge in [-0.2, -0.15) is 0 Å². The van der Waals surface area contributed by atoms with Crippen molar-refractivity contribution in [3.05, 3.63) is 53.1 Å². The van der Waals surface area contributed by atoms with Crippen molar-refractivity contribution in [2.24, 2.45) is 4.99 Å². The molecule has 1 saturated heterocycles. The Kier molecular flexibility index (Phi) is 6.25. The van der Waals surface area contributed by atoms with Gasteiger partial charge >= 0.3 is 5.97 Å². The molecule has 0 amide bonds. The number of piperazine rings is 1. The highest BCUT2D eigenvalue weighted by molar-refractivity contribution is 6.31. The molecular formula is C23H26ClN3O3. The fourth-order valence-electron chi connectivity index (χ4n) is 3.65. The fourth-order valence-corrected chi connectivity index (χ4v) is 3.82. The number of fused-ring (bicyclic) bond motifs is 2. The molecule has 1 fully saturated rings. The molecule has 2 aromatic carbocycles. The molecule has 2 heterocycles. The van der Waals surface area contributed by atoms with Crippen LogP contribution in [0.15, 0.2) is 47.5 Å². The number of nitrogens with one attached hydrogen (secondary N) is 1. The Morgan fingerprint density at radius 1 is 1.33 bits per heavy atom. The summed E-state index contributed by atoms with van der Waals surface area (Å²) in [7, 11) is 0. The van der Waals surface area contributed by atoms with Crippen molar-refractivity contribution in [1.82, 2.24) is 10.2 Å². The van der Waals surface area contributed by atoms with Crippen LogP contribution in [0.5, 0.6) is 11.5 Å². The zero-order valence-electron chi connectivity index (χ0n) is 17.2. The monoisotopic (exact) mass is 427 g/mol. The van der Waals surface area contributed by atoms with E-state index in [2.05, 4.69) is 10.2 Å². The van der Waals surface area contributed by atoms with Crippen LogP contribution in [-0.4, -0.2) is 48.5 Å². The van der Waals surface area contributed by atoms with Crippen molar-refractivity contribution >= 4 is 29.1 Å². The van der Waals surface area contributed by atoms with E-state index in [0.717, 1.165) is 36.7 Å². The van der Waals surface area contributed by atoms with Gasteiger partial charge < -0.3 is 19.7 Å².